The zero-order valence-corrected chi connectivity index (χ0v) is 11.3. The molecular weight excluding hydrogens is 218 g/mol. The predicted molar refractivity (Wildman–Crippen MR) is 70.1 cm³/mol. The largest absolute Gasteiger partial charge is 0.348 e. The van der Waals surface area contributed by atoms with Crippen molar-refractivity contribution in [3.63, 3.8) is 0 Å². The molecule has 2 heterocycles. The third-order valence-electron chi connectivity index (χ3n) is 3.65. The molecule has 3 unspecified atom stereocenters. The van der Waals surface area contributed by atoms with E-state index in [9.17, 15) is 0 Å². The second kappa shape index (κ2) is 4.72. The van der Waals surface area contributed by atoms with Crippen LogP contribution in [0.5, 0.6) is 0 Å². The lowest BCUT2D eigenvalue weighted by atomic mass is 10.0. The molecule has 1 fully saturated rings. The van der Waals surface area contributed by atoms with E-state index in [2.05, 4.69) is 36.4 Å². The molecule has 1 aliphatic rings. The normalized spacial score (nSPS) is 27.4. The summed E-state index contributed by atoms with van der Waals surface area (Å²) in [5.41, 5.74) is 1.16. The Balaban J connectivity index is 2.08. The van der Waals surface area contributed by atoms with Crippen molar-refractivity contribution in [3.8, 4) is 0 Å². The summed E-state index contributed by atoms with van der Waals surface area (Å²) in [6.07, 6.45) is 0. The van der Waals surface area contributed by atoms with Crippen molar-refractivity contribution in [2.45, 2.75) is 26.8 Å². The van der Waals surface area contributed by atoms with Crippen LogP contribution in [0.15, 0.2) is 5.38 Å². The first-order chi connectivity index (χ1) is 7.61. The van der Waals surface area contributed by atoms with E-state index in [0.29, 0.717) is 6.04 Å². The van der Waals surface area contributed by atoms with Gasteiger partial charge in [-0.25, -0.2) is 4.98 Å². The van der Waals surface area contributed by atoms with E-state index < -0.39 is 0 Å². The predicted octanol–water partition coefficient (Wildman–Crippen LogP) is 2.52. The van der Waals surface area contributed by atoms with E-state index in [4.69, 9.17) is 4.98 Å². The molecule has 1 aliphatic heterocycles. The summed E-state index contributed by atoms with van der Waals surface area (Å²) in [6.45, 7) is 9.11. The fourth-order valence-electron chi connectivity index (χ4n) is 2.05. The van der Waals surface area contributed by atoms with Gasteiger partial charge in [-0.3, -0.25) is 0 Å². The highest BCUT2D eigenvalue weighted by molar-refractivity contribution is 7.13. The maximum Gasteiger partial charge on any atom is 0.185 e. The van der Waals surface area contributed by atoms with Gasteiger partial charge in [0, 0.05) is 24.5 Å². The molecular formula is C12H21N3S. The second-order valence-electron chi connectivity index (χ2n) is 4.92. The zero-order valence-electron chi connectivity index (χ0n) is 10.5. The molecule has 0 radical (unpaired) electrons. The van der Waals surface area contributed by atoms with Crippen molar-refractivity contribution in [1.82, 2.24) is 10.3 Å². The Morgan fingerprint density at radius 2 is 2.06 bits per heavy atom. The fraction of sp³-hybridized carbons (Fsp3) is 0.750. The van der Waals surface area contributed by atoms with Gasteiger partial charge in [0.15, 0.2) is 5.13 Å². The van der Waals surface area contributed by atoms with Crippen LogP contribution >= 0.6 is 11.3 Å². The van der Waals surface area contributed by atoms with Crippen LogP contribution in [-0.4, -0.2) is 25.1 Å². The van der Waals surface area contributed by atoms with E-state index >= 15 is 0 Å². The van der Waals surface area contributed by atoms with Crippen molar-refractivity contribution < 1.29 is 0 Å². The number of aromatic nitrogens is 1. The van der Waals surface area contributed by atoms with Gasteiger partial charge in [-0.1, -0.05) is 13.8 Å². The summed E-state index contributed by atoms with van der Waals surface area (Å²) in [7, 11) is 1.98. The Morgan fingerprint density at radius 1 is 1.44 bits per heavy atom. The molecule has 0 bridgehead atoms. The van der Waals surface area contributed by atoms with E-state index in [1.54, 1.807) is 11.3 Å². The number of anilines is 1. The van der Waals surface area contributed by atoms with Crippen LogP contribution in [-0.2, 0) is 0 Å². The van der Waals surface area contributed by atoms with Gasteiger partial charge in [0.05, 0.1) is 5.69 Å². The first-order valence-corrected chi connectivity index (χ1v) is 6.87. The molecule has 1 aromatic rings. The molecule has 0 aliphatic carbocycles. The highest BCUT2D eigenvalue weighted by atomic mass is 32.1. The van der Waals surface area contributed by atoms with E-state index in [1.165, 1.54) is 5.13 Å². The highest BCUT2D eigenvalue weighted by Crippen LogP contribution is 2.31. The summed E-state index contributed by atoms with van der Waals surface area (Å²) in [6, 6.07) is 0.349. The Hall–Kier alpha value is -0.610. The number of thiazole rings is 1. The lowest BCUT2D eigenvalue weighted by molar-refractivity contribution is 0.494. The molecule has 3 nitrogen and oxygen atoms in total. The minimum Gasteiger partial charge on any atom is -0.348 e. The lowest BCUT2D eigenvalue weighted by Gasteiger charge is -2.14. The van der Waals surface area contributed by atoms with Gasteiger partial charge in [-0.05, 0) is 25.8 Å². The molecule has 2 rings (SSSR count). The first-order valence-electron chi connectivity index (χ1n) is 5.99. The highest BCUT2D eigenvalue weighted by Gasteiger charge is 2.27. The minimum atomic E-state index is 0.349. The van der Waals surface area contributed by atoms with Crippen molar-refractivity contribution in [3.05, 3.63) is 11.1 Å². The molecule has 0 aromatic carbocycles. The fourth-order valence-corrected chi connectivity index (χ4v) is 2.99. The maximum atomic E-state index is 4.71. The number of nitrogens with one attached hydrogen (secondary N) is 1. The van der Waals surface area contributed by atoms with Gasteiger partial charge in [0.2, 0.25) is 0 Å². The van der Waals surface area contributed by atoms with Gasteiger partial charge in [0.25, 0.3) is 0 Å². The SMILES string of the molecule is CNC(C)c1csc(N2CC(C)C(C)C2)n1. The van der Waals surface area contributed by atoms with E-state index in [-0.39, 0.29) is 0 Å². The van der Waals surface area contributed by atoms with Crippen LogP contribution in [0.4, 0.5) is 5.13 Å². The van der Waals surface area contributed by atoms with Crippen molar-refractivity contribution in [1.29, 1.82) is 0 Å². The van der Waals surface area contributed by atoms with Crippen LogP contribution < -0.4 is 10.2 Å². The Labute approximate surface area is 102 Å². The number of nitrogens with zero attached hydrogens (tertiary/aromatic N) is 2. The zero-order chi connectivity index (χ0) is 11.7. The van der Waals surface area contributed by atoms with Gasteiger partial charge in [0.1, 0.15) is 0 Å². The molecule has 1 N–H and O–H groups in total. The van der Waals surface area contributed by atoms with Crippen LogP contribution in [0.25, 0.3) is 0 Å². The third-order valence-corrected chi connectivity index (χ3v) is 4.56. The second-order valence-corrected chi connectivity index (χ2v) is 5.76. The monoisotopic (exact) mass is 239 g/mol. The maximum absolute atomic E-state index is 4.71. The minimum absolute atomic E-state index is 0.349. The van der Waals surface area contributed by atoms with Crippen LogP contribution in [0.2, 0.25) is 0 Å². The average molecular weight is 239 g/mol. The van der Waals surface area contributed by atoms with Crippen LogP contribution in [0.3, 0.4) is 0 Å². The van der Waals surface area contributed by atoms with Gasteiger partial charge >= 0.3 is 0 Å². The van der Waals surface area contributed by atoms with Gasteiger partial charge in [-0.15, -0.1) is 11.3 Å². The van der Waals surface area contributed by atoms with Gasteiger partial charge < -0.3 is 10.2 Å². The third kappa shape index (κ3) is 2.23. The molecule has 0 saturated carbocycles. The molecule has 1 aromatic heterocycles. The first kappa shape index (κ1) is 11.9. The summed E-state index contributed by atoms with van der Waals surface area (Å²) in [5, 5.41) is 6.59. The van der Waals surface area contributed by atoms with E-state index in [1.807, 2.05) is 7.05 Å². The van der Waals surface area contributed by atoms with Gasteiger partial charge in [-0.2, -0.15) is 0 Å². The standard InChI is InChI=1S/C12H21N3S/c1-8-5-15(6-9(8)2)12-14-11(7-16-12)10(3)13-4/h7-10,13H,5-6H2,1-4H3. The van der Waals surface area contributed by atoms with Crippen molar-refractivity contribution >= 4 is 16.5 Å². The van der Waals surface area contributed by atoms with E-state index in [0.717, 1.165) is 30.6 Å². The lowest BCUT2D eigenvalue weighted by Crippen LogP contribution is -2.20. The topological polar surface area (TPSA) is 28.2 Å². The summed E-state index contributed by atoms with van der Waals surface area (Å²) < 4.78 is 0. The molecule has 4 heteroatoms. The van der Waals surface area contributed by atoms with Crippen molar-refractivity contribution in [2.75, 3.05) is 25.0 Å². The molecule has 16 heavy (non-hydrogen) atoms. The van der Waals surface area contributed by atoms with Crippen molar-refractivity contribution in [2.24, 2.45) is 11.8 Å². The molecule has 3 atom stereocenters. The Kier molecular flexibility index (Phi) is 3.50. The Morgan fingerprint density at radius 3 is 2.62 bits per heavy atom. The summed E-state index contributed by atoms with van der Waals surface area (Å²) in [4.78, 5) is 7.14. The molecule has 0 spiro atoms. The number of hydrogen-bond donors (Lipinski definition) is 1. The summed E-state index contributed by atoms with van der Waals surface area (Å²) in [5.74, 6) is 1.57. The smallest absolute Gasteiger partial charge is 0.185 e. The Bertz CT molecular complexity index is 340. The number of hydrogen-bond acceptors (Lipinski definition) is 4. The van der Waals surface area contributed by atoms with Crippen LogP contribution in [0.1, 0.15) is 32.5 Å². The average Bonchev–Trinajstić information content (AvgIpc) is 2.86. The molecule has 90 valence electrons. The quantitative estimate of drug-likeness (QED) is 0.878. The summed E-state index contributed by atoms with van der Waals surface area (Å²) >= 11 is 1.77. The molecule has 1 saturated heterocycles. The molecule has 0 amide bonds. The van der Waals surface area contributed by atoms with Crippen LogP contribution in [0, 0.1) is 11.8 Å². The number of rotatable bonds is 3.